The van der Waals surface area contributed by atoms with Gasteiger partial charge in [-0.05, 0) is 6.07 Å². The molecule has 26 heavy (non-hydrogen) atoms. The van der Waals surface area contributed by atoms with Crippen LogP contribution in [0, 0.1) is 0 Å². The van der Waals surface area contributed by atoms with Crippen LogP contribution < -0.4 is 4.90 Å². The van der Waals surface area contributed by atoms with Crippen molar-refractivity contribution < 1.29 is 4.74 Å². The monoisotopic (exact) mass is 355 g/mol. The van der Waals surface area contributed by atoms with Crippen LogP contribution >= 0.6 is 0 Å². The number of nitrogens with zero attached hydrogens (tertiary/aromatic N) is 7. The fourth-order valence-corrected chi connectivity index (χ4v) is 4.10. The molecule has 0 spiro atoms. The van der Waals surface area contributed by atoms with Crippen LogP contribution in [0.4, 0.5) is 5.95 Å². The van der Waals surface area contributed by atoms with Gasteiger partial charge in [0.15, 0.2) is 0 Å². The first-order chi connectivity index (χ1) is 12.8. The molecule has 0 saturated carbocycles. The van der Waals surface area contributed by atoms with Crippen LogP contribution in [0.15, 0.2) is 24.7 Å². The van der Waals surface area contributed by atoms with Crippen molar-refractivity contribution in [1.29, 1.82) is 0 Å². The van der Waals surface area contributed by atoms with E-state index in [1.165, 1.54) is 5.69 Å². The minimum atomic E-state index is 0.651. The van der Waals surface area contributed by atoms with Crippen molar-refractivity contribution in [2.45, 2.75) is 25.7 Å². The summed E-state index contributed by atoms with van der Waals surface area (Å²) in [5.74, 6) is 1.93. The quantitative estimate of drug-likeness (QED) is 0.777. The second-order valence-electron chi connectivity index (χ2n) is 7.31. The van der Waals surface area contributed by atoms with Crippen molar-refractivity contribution in [2.75, 3.05) is 50.8 Å². The average Bonchev–Trinajstić information content (AvgIpc) is 3.08. The molecule has 0 atom stereocenters. The molecule has 3 aliphatic rings. The van der Waals surface area contributed by atoms with Gasteiger partial charge >= 0.3 is 0 Å². The molecule has 8 nitrogen and oxygen atoms in total. The number of hydrogen-bond donors (Lipinski definition) is 0. The molecule has 0 aromatic carbocycles. The molecule has 8 heteroatoms. The highest BCUT2D eigenvalue weighted by Crippen LogP contribution is 2.21. The van der Waals surface area contributed by atoms with E-state index in [0.717, 1.165) is 70.7 Å². The highest BCUT2D eigenvalue weighted by molar-refractivity contribution is 5.29. The van der Waals surface area contributed by atoms with Crippen LogP contribution in [-0.2, 0) is 24.4 Å². The zero-order chi connectivity index (χ0) is 17.3. The summed E-state index contributed by atoms with van der Waals surface area (Å²) in [4.78, 5) is 20.8. The molecule has 2 fully saturated rings. The Morgan fingerprint density at radius 1 is 1.04 bits per heavy atom. The number of hydrogen-bond acceptors (Lipinski definition) is 7. The molecule has 5 heterocycles. The third-order valence-electron chi connectivity index (χ3n) is 5.61. The third-order valence-corrected chi connectivity index (χ3v) is 5.61. The lowest BCUT2D eigenvalue weighted by atomic mass is 10.1. The number of anilines is 1. The number of imidazole rings is 1. The molecule has 0 radical (unpaired) electrons. The maximum absolute atomic E-state index is 5.48. The Morgan fingerprint density at radius 3 is 2.62 bits per heavy atom. The summed E-state index contributed by atoms with van der Waals surface area (Å²) in [5, 5.41) is 0. The van der Waals surface area contributed by atoms with E-state index in [9.17, 15) is 0 Å². The lowest BCUT2D eigenvalue weighted by molar-refractivity contribution is 0.0247. The molecule has 2 aromatic heterocycles. The summed E-state index contributed by atoms with van der Waals surface area (Å²) in [6, 6.07) is 2.54. The van der Waals surface area contributed by atoms with Crippen molar-refractivity contribution in [2.24, 2.45) is 0 Å². The number of aromatic nitrogens is 4. The van der Waals surface area contributed by atoms with Gasteiger partial charge < -0.3 is 14.2 Å². The Balaban J connectivity index is 1.09. The highest BCUT2D eigenvalue weighted by Gasteiger charge is 2.34. The fraction of sp³-hybridized carbons (Fsp3) is 0.611. The van der Waals surface area contributed by atoms with E-state index >= 15 is 0 Å². The maximum atomic E-state index is 5.48. The van der Waals surface area contributed by atoms with Crippen LogP contribution in [0.1, 0.15) is 11.5 Å². The first kappa shape index (κ1) is 16.2. The van der Waals surface area contributed by atoms with Gasteiger partial charge in [0.2, 0.25) is 5.95 Å². The van der Waals surface area contributed by atoms with Crippen LogP contribution in [0.5, 0.6) is 0 Å². The Bertz CT molecular complexity index is 712. The predicted octanol–water partition coefficient (Wildman–Crippen LogP) is 0.210. The van der Waals surface area contributed by atoms with E-state index in [1.54, 1.807) is 0 Å². The van der Waals surface area contributed by atoms with E-state index in [1.807, 2.05) is 18.5 Å². The van der Waals surface area contributed by atoms with Crippen LogP contribution in [0.25, 0.3) is 0 Å². The molecule has 0 bridgehead atoms. The fourth-order valence-electron chi connectivity index (χ4n) is 4.10. The summed E-state index contributed by atoms with van der Waals surface area (Å²) < 4.78 is 7.71. The molecule has 5 rings (SSSR count). The highest BCUT2D eigenvalue weighted by atomic mass is 16.5. The molecular weight excluding hydrogens is 330 g/mol. The first-order valence-corrected chi connectivity index (χ1v) is 9.46. The molecule has 138 valence electrons. The van der Waals surface area contributed by atoms with Crippen LogP contribution in [-0.4, -0.2) is 81.2 Å². The van der Waals surface area contributed by atoms with E-state index in [2.05, 4.69) is 35.4 Å². The van der Waals surface area contributed by atoms with E-state index in [-0.39, 0.29) is 0 Å². The number of ether oxygens (including phenoxy) is 1. The van der Waals surface area contributed by atoms with Gasteiger partial charge in [0.1, 0.15) is 12.4 Å². The van der Waals surface area contributed by atoms with Crippen molar-refractivity contribution in [3.05, 3.63) is 36.2 Å². The normalized spacial score (nSPS) is 22.2. The molecule has 2 aromatic rings. The number of rotatable bonds is 4. The molecule has 3 aliphatic heterocycles. The van der Waals surface area contributed by atoms with Gasteiger partial charge in [0.25, 0.3) is 0 Å². The van der Waals surface area contributed by atoms with Crippen LogP contribution in [0.3, 0.4) is 0 Å². The largest absolute Gasteiger partial charge is 0.372 e. The minimum Gasteiger partial charge on any atom is -0.372 e. The smallest absolute Gasteiger partial charge is 0.225 e. The van der Waals surface area contributed by atoms with Gasteiger partial charge in [-0.25, -0.2) is 15.0 Å². The molecule has 0 N–H and O–H groups in total. The summed E-state index contributed by atoms with van der Waals surface area (Å²) in [7, 11) is 0. The Kier molecular flexibility index (Phi) is 4.32. The zero-order valence-electron chi connectivity index (χ0n) is 15.0. The average molecular weight is 355 g/mol. The number of likely N-dealkylation sites (tertiary alicyclic amines) is 1. The number of fused-ring (bicyclic) bond motifs is 1. The van der Waals surface area contributed by atoms with Crippen LogP contribution in [0.2, 0.25) is 0 Å². The van der Waals surface area contributed by atoms with Crippen molar-refractivity contribution in [1.82, 2.24) is 29.3 Å². The summed E-state index contributed by atoms with van der Waals surface area (Å²) >= 11 is 0. The Morgan fingerprint density at radius 2 is 1.85 bits per heavy atom. The summed E-state index contributed by atoms with van der Waals surface area (Å²) in [6.07, 6.45) is 5.83. The molecule has 0 amide bonds. The predicted molar refractivity (Wildman–Crippen MR) is 96.8 cm³/mol. The summed E-state index contributed by atoms with van der Waals surface area (Å²) in [5.41, 5.74) is 1.18. The Hall–Kier alpha value is -2.03. The van der Waals surface area contributed by atoms with Gasteiger partial charge in [-0.15, -0.1) is 0 Å². The van der Waals surface area contributed by atoms with E-state index in [0.29, 0.717) is 12.6 Å². The van der Waals surface area contributed by atoms with Gasteiger partial charge in [-0.2, -0.15) is 0 Å². The lowest BCUT2D eigenvalue weighted by Crippen LogP contribution is -2.62. The SMILES string of the molecule is c1cnc(N2CCN(C3CN(Cc4cn5c(n4)COCC5)C3)CC2)nc1. The summed E-state index contributed by atoms with van der Waals surface area (Å²) in [6.45, 7) is 9.81. The molecular formula is C18H25N7O. The number of piperazine rings is 1. The lowest BCUT2D eigenvalue weighted by Gasteiger charge is -2.48. The maximum Gasteiger partial charge on any atom is 0.225 e. The van der Waals surface area contributed by atoms with Crippen molar-refractivity contribution >= 4 is 5.95 Å². The second-order valence-corrected chi connectivity index (χ2v) is 7.31. The standard InChI is InChI=1S/C18H25N7O/c1-2-19-18(20-3-1)24-6-4-23(5-7-24)16-12-22(13-16)10-15-11-25-8-9-26-14-17(25)21-15/h1-3,11,16H,4-10,12-14H2. The first-order valence-electron chi connectivity index (χ1n) is 9.46. The van der Waals surface area contributed by atoms with Gasteiger partial charge in [0.05, 0.1) is 12.3 Å². The van der Waals surface area contributed by atoms with E-state index in [4.69, 9.17) is 9.72 Å². The molecule has 0 unspecified atom stereocenters. The Labute approximate surface area is 153 Å². The van der Waals surface area contributed by atoms with Crippen molar-refractivity contribution in [3.8, 4) is 0 Å². The van der Waals surface area contributed by atoms with Gasteiger partial charge in [0, 0.05) is 77.0 Å². The second kappa shape index (κ2) is 6.94. The zero-order valence-corrected chi connectivity index (χ0v) is 15.0. The minimum absolute atomic E-state index is 0.651. The van der Waals surface area contributed by atoms with Crippen molar-refractivity contribution in [3.63, 3.8) is 0 Å². The third kappa shape index (κ3) is 3.20. The van der Waals surface area contributed by atoms with Gasteiger partial charge in [-0.3, -0.25) is 9.80 Å². The topological polar surface area (TPSA) is 62.6 Å². The van der Waals surface area contributed by atoms with Gasteiger partial charge in [-0.1, -0.05) is 0 Å². The molecule has 2 saturated heterocycles. The van der Waals surface area contributed by atoms with E-state index < -0.39 is 0 Å². The molecule has 0 aliphatic carbocycles.